The number of rotatable bonds is 5. The third-order valence-corrected chi connectivity index (χ3v) is 10.9. The Balaban J connectivity index is 1.69. The predicted octanol–water partition coefficient (Wildman–Crippen LogP) is 5.22. The Bertz CT molecular complexity index is 471. The summed E-state index contributed by atoms with van der Waals surface area (Å²) in [6.45, 7) is 16.6. The lowest BCUT2D eigenvalue weighted by Gasteiger charge is -2.42. The van der Waals surface area contributed by atoms with E-state index in [1.165, 1.54) is 37.7 Å². The molecule has 1 heterocycles. The lowest BCUT2D eigenvalue weighted by molar-refractivity contribution is -0.0355. The van der Waals surface area contributed by atoms with Crippen molar-refractivity contribution in [1.82, 2.24) is 0 Å². The normalized spacial score (nSPS) is 41.6. The molecule has 8 unspecified atom stereocenters. The van der Waals surface area contributed by atoms with Gasteiger partial charge in [0.05, 0.1) is 12.2 Å². The molecule has 3 heteroatoms. The van der Waals surface area contributed by atoms with Gasteiger partial charge in [-0.3, -0.25) is 0 Å². The second-order valence-corrected chi connectivity index (χ2v) is 15.9. The predicted molar refractivity (Wildman–Crippen MR) is 106 cm³/mol. The summed E-state index contributed by atoms with van der Waals surface area (Å²) in [4.78, 5) is 0. The Kier molecular flexibility index (Phi) is 5.35. The van der Waals surface area contributed by atoms with E-state index in [2.05, 4.69) is 40.1 Å². The standard InChI is InChI=1S/C21H39NOSi/c1-13-10-11-17(20(22)14(2)12-15(3)24(4,5)6)21-19(13)16-8-7-9-18(16)23-21/h13,15-21H,2,7-12,22H2,1,3-6H3. The highest BCUT2D eigenvalue weighted by atomic mass is 28.3. The summed E-state index contributed by atoms with van der Waals surface area (Å²) < 4.78 is 6.60. The molecular weight excluding hydrogens is 310 g/mol. The smallest absolute Gasteiger partial charge is 0.0659 e. The molecule has 8 atom stereocenters. The van der Waals surface area contributed by atoms with E-state index in [9.17, 15) is 0 Å². The first-order chi connectivity index (χ1) is 11.2. The van der Waals surface area contributed by atoms with Gasteiger partial charge in [0.15, 0.2) is 0 Å². The fourth-order valence-electron chi connectivity index (χ4n) is 5.57. The Morgan fingerprint density at radius 1 is 1.21 bits per heavy atom. The van der Waals surface area contributed by atoms with Gasteiger partial charge in [0, 0.05) is 20.0 Å². The highest BCUT2D eigenvalue weighted by Gasteiger charge is 2.53. The highest BCUT2D eigenvalue weighted by Crippen LogP contribution is 2.53. The van der Waals surface area contributed by atoms with Crippen molar-refractivity contribution in [3.8, 4) is 0 Å². The van der Waals surface area contributed by atoms with Crippen LogP contribution in [0.4, 0.5) is 0 Å². The van der Waals surface area contributed by atoms with Crippen molar-refractivity contribution in [2.75, 3.05) is 0 Å². The molecule has 1 aliphatic heterocycles. The molecule has 3 rings (SSSR count). The molecule has 0 aromatic carbocycles. The van der Waals surface area contributed by atoms with Crippen LogP contribution in [-0.4, -0.2) is 26.3 Å². The van der Waals surface area contributed by atoms with Gasteiger partial charge in [-0.05, 0) is 55.4 Å². The lowest BCUT2D eigenvalue weighted by atomic mass is 9.66. The van der Waals surface area contributed by atoms with Crippen molar-refractivity contribution in [3.63, 3.8) is 0 Å². The average molecular weight is 350 g/mol. The SMILES string of the molecule is C=C(CC(C)[Si](C)(C)C)C(N)C1CCC(C)C2C3CCCC3OC12. The zero-order valence-electron chi connectivity index (χ0n) is 16.6. The molecule has 2 aliphatic carbocycles. The number of hydrogen-bond acceptors (Lipinski definition) is 2. The summed E-state index contributed by atoms with van der Waals surface area (Å²) in [6, 6.07) is 0.127. The lowest BCUT2D eigenvalue weighted by Crippen LogP contribution is -2.47. The van der Waals surface area contributed by atoms with Crippen molar-refractivity contribution in [3.05, 3.63) is 12.2 Å². The van der Waals surface area contributed by atoms with Gasteiger partial charge in [-0.15, -0.1) is 0 Å². The van der Waals surface area contributed by atoms with E-state index in [-0.39, 0.29) is 6.04 Å². The van der Waals surface area contributed by atoms with Gasteiger partial charge >= 0.3 is 0 Å². The topological polar surface area (TPSA) is 35.2 Å². The second kappa shape index (κ2) is 6.89. The fourth-order valence-corrected chi connectivity index (χ4v) is 6.44. The van der Waals surface area contributed by atoms with E-state index < -0.39 is 8.07 Å². The molecule has 0 aromatic heterocycles. The first-order valence-corrected chi connectivity index (χ1v) is 13.9. The minimum atomic E-state index is -1.12. The third-order valence-electron chi connectivity index (χ3n) is 7.72. The molecule has 138 valence electrons. The fraction of sp³-hybridized carbons (Fsp3) is 0.905. The van der Waals surface area contributed by atoms with E-state index >= 15 is 0 Å². The molecule has 24 heavy (non-hydrogen) atoms. The van der Waals surface area contributed by atoms with Crippen molar-refractivity contribution >= 4 is 8.07 Å². The van der Waals surface area contributed by atoms with Crippen LogP contribution in [0.1, 0.15) is 52.4 Å². The molecule has 3 aliphatic rings. The van der Waals surface area contributed by atoms with Gasteiger partial charge in [0.1, 0.15) is 0 Å². The molecule has 0 spiro atoms. The van der Waals surface area contributed by atoms with Crippen LogP contribution in [0.3, 0.4) is 0 Å². The largest absolute Gasteiger partial charge is 0.374 e. The maximum Gasteiger partial charge on any atom is 0.0659 e. The summed E-state index contributed by atoms with van der Waals surface area (Å²) in [6.07, 6.45) is 8.61. The van der Waals surface area contributed by atoms with Gasteiger partial charge in [0.2, 0.25) is 0 Å². The zero-order valence-corrected chi connectivity index (χ0v) is 17.6. The van der Waals surface area contributed by atoms with Crippen LogP contribution >= 0.6 is 0 Å². The summed E-state index contributed by atoms with van der Waals surface area (Å²) in [5.74, 6) is 2.87. The van der Waals surface area contributed by atoms with Gasteiger partial charge in [-0.2, -0.15) is 0 Å². The van der Waals surface area contributed by atoms with Crippen molar-refractivity contribution in [1.29, 1.82) is 0 Å². The summed E-state index contributed by atoms with van der Waals surface area (Å²) in [5, 5.41) is 0. The first-order valence-electron chi connectivity index (χ1n) is 10.3. The van der Waals surface area contributed by atoms with E-state index in [1.54, 1.807) is 0 Å². The van der Waals surface area contributed by atoms with Crippen LogP contribution in [-0.2, 0) is 4.74 Å². The third kappa shape index (κ3) is 3.41. The highest BCUT2D eigenvalue weighted by molar-refractivity contribution is 6.77. The average Bonchev–Trinajstić information content (AvgIpc) is 3.06. The molecule has 3 fully saturated rings. The van der Waals surface area contributed by atoms with Gasteiger partial charge < -0.3 is 10.5 Å². The Hall–Kier alpha value is -0.123. The number of ether oxygens (including phenoxy) is 1. The molecule has 0 amide bonds. The minimum absolute atomic E-state index is 0.127. The Morgan fingerprint density at radius 3 is 2.58 bits per heavy atom. The van der Waals surface area contributed by atoms with Crippen molar-refractivity contribution < 1.29 is 4.74 Å². The quantitative estimate of drug-likeness (QED) is 0.545. The van der Waals surface area contributed by atoms with Crippen LogP contribution < -0.4 is 5.73 Å². The van der Waals surface area contributed by atoms with Crippen LogP contribution in [0.25, 0.3) is 0 Å². The van der Waals surface area contributed by atoms with Crippen LogP contribution in [0.5, 0.6) is 0 Å². The number of fused-ring (bicyclic) bond motifs is 3. The monoisotopic (exact) mass is 349 g/mol. The van der Waals surface area contributed by atoms with Gasteiger partial charge in [-0.25, -0.2) is 0 Å². The van der Waals surface area contributed by atoms with E-state index in [0.717, 1.165) is 29.7 Å². The molecule has 2 nitrogen and oxygen atoms in total. The Labute approximate surface area is 150 Å². The zero-order chi connectivity index (χ0) is 17.6. The van der Waals surface area contributed by atoms with Crippen LogP contribution in [0, 0.1) is 23.7 Å². The molecule has 1 saturated heterocycles. The van der Waals surface area contributed by atoms with E-state index in [0.29, 0.717) is 18.1 Å². The number of nitrogens with two attached hydrogens (primary N) is 1. The molecular formula is C21H39NOSi. The number of hydrogen-bond donors (Lipinski definition) is 1. The van der Waals surface area contributed by atoms with E-state index in [4.69, 9.17) is 10.5 Å². The van der Waals surface area contributed by atoms with E-state index in [1.807, 2.05) is 0 Å². The summed E-state index contributed by atoms with van der Waals surface area (Å²) >= 11 is 0. The molecule has 0 aromatic rings. The molecule has 0 bridgehead atoms. The maximum absolute atomic E-state index is 6.77. The maximum atomic E-state index is 6.77. The summed E-state index contributed by atoms with van der Waals surface area (Å²) in [5.41, 5.74) is 8.80. The molecule has 2 N–H and O–H groups in total. The van der Waals surface area contributed by atoms with Crippen LogP contribution in [0.15, 0.2) is 12.2 Å². The second-order valence-electron chi connectivity index (χ2n) is 10.2. The minimum Gasteiger partial charge on any atom is -0.374 e. The van der Waals surface area contributed by atoms with Crippen molar-refractivity contribution in [2.45, 2.75) is 95.8 Å². The summed E-state index contributed by atoms with van der Waals surface area (Å²) in [7, 11) is -1.12. The first kappa shape index (κ1) is 18.7. The Morgan fingerprint density at radius 2 is 1.92 bits per heavy atom. The van der Waals surface area contributed by atoms with Crippen molar-refractivity contribution in [2.24, 2.45) is 29.4 Å². The molecule has 0 radical (unpaired) electrons. The van der Waals surface area contributed by atoms with Gasteiger partial charge in [0.25, 0.3) is 0 Å². The van der Waals surface area contributed by atoms with Gasteiger partial charge in [-0.1, -0.05) is 52.1 Å². The van der Waals surface area contributed by atoms with Crippen LogP contribution in [0.2, 0.25) is 25.2 Å². The molecule has 2 saturated carbocycles.